The van der Waals surface area contributed by atoms with E-state index in [2.05, 4.69) is 5.32 Å². The zero-order valence-corrected chi connectivity index (χ0v) is 10.2. The number of rotatable bonds is 4. The number of aliphatic hydroxyl groups is 1. The fourth-order valence-corrected chi connectivity index (χ4v) is 1.60. The van der Waals surface area contributed by atoms with E-state index in [1.54, 1.807) is 13.8 Å². The molecule has 0 unspecified atom stereocenters. The van der Waals surface area contributed by atoms with Gasteiger partial charge in [-0.1, -0.05) is 23.7 Å². The lowest BCUT2D eigenvalue weighted by Crippen LogP contribution is -2.34. The lowest BCUT2D eigenvalue weighted by atomic mass is 10.1. The number of halogens is 1. The first-order valence-electron chi connectivity index (χ1n) is 5.06. The summed E-state index contributed by atoms with van der Waals surface area (Å²) in [5, 5.41) is 13.5. The van der Waals surface area contributed by atoms with Gasteiger partial charge in [0.25, 0.3) is 0 Å². The molecule has 0 aliphatic heterocycles. The van der Waals surface area contributed by atoms with Crippen molar-refractivity contribution in [1.29, 1.82) is 0 Å². The molecule has 0 amide bonds. The summed E-state index contributed by atoms with van der Waals surface area (Å²) in [5.41, 5.74) is 1.54. The highest BCUT2D eigenvalue weighted by molar-refractivity contribution is 6.31. The van der Waals surface area contributed by atoms with Gasteiger partial charge in [-0.05, 0) is 38.0 Å². The quantitative estimate of drug-likeness (QED) is 0.829. The molecule has 1 rings (SSSR count). The number of benzene rings is 1. The molecule has 1 aromatic rings. The third-order valence-electron chi connectivity index (χ3n) is 2.08. The van der Waals surface area contributed by atoms with Crippen LogP contribution in [0.4, 0.5) is 0 Å². The second kappa shape index (κ2) is 4.97. The van der Waals surface area contributed by atoms with Gasteiger partial charge in [0.2, 0.25) is 0 Å². The van der Waals surface area contributed by atoms with Crippen molar-refractivity contribution in [2.45, 2.75) is 32.9 Å². The van der Waals surface area contributed by atoms with Gasteiger partial charge in [-0.2, -0.15) is 0 Å². The summed E-state index contributed by atoms with van der Waals surface area (Å²) in [4.78, 5) is 0. The summed E-state index contributed by atoms with van der Waals surface area (Å²) in [7, 11) is 0. The Balaban J connectivity index is 2.51. The molecule has 0 heterocycles. The second-order valence-corrected chi connectivity index (χ2v) is 4.92. The minimum Gasteiger partial charge on any atom is -0.389 e. The molecule has 0 radical (unpaired) electrons. The maximum atomic E-state index is 9.51. The fourth-order valence-electron chi connectivity index (χ4n) is 1.30. The van der Waals surface area contributed by atoms with E-state index in [1.807, 2.05) is 25.1 Å². The minimum atomic E-state index is -0.683. The average molecular weight is 228 g/mol. The van der Waals surface area contributed by atoms with Gasteiger partial charge in [-0.3, -0.25) is 0 Å². The van der Waals surface area contributed by atoms with Gasteiger partial charge in [-0.25, -0.2) is 0 Å². The topological polar surface area (TPSA) is 32.3 Å². The normalized spacial score (nSPS) is 11.8. The molecule has 0 saturated carbocycles. The highest BCUT2D eigenvalue weighted by Crippen LogP contribution is 2.17. The molecule has 0 aromatic heterocycles. The van der Waals surface area contributed by atoms with Crippen molar-refractivity contribution >= 4 is 11.6 Å². The lowest BCUT2D eigenvalue weighted by Gasteiger charge is -2.18. The largest absolute Gasteiger partial charge is 0.389 e. The van der Waals surface area contributed by atoms with Crippen LogP contribution in [0.15, 0.2) is 18.2 Å². The van der Waals surface area contributed by atoms with Crippen molar-refractivity contribution in [3.05, 3.63) is 34.3 Å². The van der Waals surface area contributed by atoms with Crippen molar-refractivity contribution in [2.75, 3.05) is 6.54 Å². The molecule has 0 bridgehead atoms. The van der Waals surface area contributed by atoms with Crippen molar-refractivity contribution in [3.63, 3.8) is 0 Å². The first-order valence-corrected chi connectivity index (χ1v) is 5.44. The number of aryl methyl sites for hydroxylation is 1. The van der Waals surface area contributed by atoms with Crippen LogP contribution in [-0.4, -0.2) is 17.3 Å². The van der Waals surface area contributed by atoms with Crippen LogP contribution in [0.5, 0.6) is 0 Å². The van der Waals surface area contributed by atoms with Gasteiger partial charge in [0.05, 0.1) is 5.60 Å². The van der Waals surface area contributed by atoms with Gasteiger partial charge in [0.1, 0.15) is 0 Å². The van der Waals surface area contributed by atoms with E-state index < -0.39 is 5.60 Å². The molecule has 1 aromatic carbocycles. The van der Waals surface area contributed by atoms with E-state index in [1.165, 1.54) is 0 Å². The van der Waals surface area contributed by atoms with Crippen LogP contribution in [-0.2, 0) is 6.54 Å². The minimum absolute atomic E-state index is 0.553. The SMILES string of the molecule is Cc1ccc(CNCC(C)(C)O)c(Cl)c1. The van der Waals surface area contributed by atoms with E-state index >= 15 is 0 Å². The Labute approximate surface area is 96.3 Å². The van der Waals surface area contributed by atoms with Gasteiger partial charge < -0.3 is 10.4 Å². The number of hydrogen-bond donors (Lipinski definition) is 2. The van der Waals surface area contributed by atoms with E-state index in [0.717, 1.165) is 16.1 Å². The van der Waals surface area contributed by atoms with Crippen LogP contribution in [0, 0.1) is 6.92 Å². The summed E-state index contributed by atoms with van der Waals surface area (Å²) in [6, 6.07) is 5.99. The summed E-state index contributed by atoms with van der Waals surface area (Å²) in [6.07, 6.45) is 0. The molecular formula is C12H18ClNO. The first kappa shape index (κ1) is 12.5. The first-order chi connectivity index (χ1) is 6.88. The van der Waals surface area contributed by atoms with Crippen LogP contribution < -0.4 is 5.32 Å². The Morgan fingerprint density at radius 1 is 1.40 bits per heavy atom. The molecule has 0 saturated heterocycles. The second-order valence-electron chi connectivity index (χ2n) is 4.51. The van der Waals surface area contributed by atoms with Crippen LogP contribution in [0.25, 0.3) is 0 Å². The summed E-state index contributed by atoms with van der Waals surface area (Å²) < 4.78 is 0. The highest BCUT2D eigenvalue weighted by atomic mass is 35.5. The van der Waals surface area contributed by atoms with Crippen LogP contribution in [0.3, 0.4) is 0 Å². The van der Waals surface area contributed by atoms with Gasteiger partial charge in [0.15, 0.2) is 0 Å². The van der Waals surface area contributed by atoms with Gasteiger partial charge in [0, 0.05) is 18.1 Å². The monoisotopic (exact) mass is 227 g/mol. The molecule has 0 aliphatic rings. The lowest BCUT2D eigenvalue weighted by molar-refractivity contribution is 0.0795. The number of nitrogens with one attached hydrogen (secondary N) is 1. The zero-order chi connectivity index (χ0) is 11.5. The molecule has 0 fully saturated rings. The Morgan fingerprint density at radius 3 is 2.60 bits per heavy atom. The molecule has 0 spiro atoms. The molecule has 0 atom stereocenters. The Morgan fingerprint density at radius 2 is 2.07 bits per heavy atom. The average Bonchev–Trinajstić information content (AvgIpc) is 2.07. The van der Waals surface area contributed by atoms with E-state index in [0.29, 0.717) is 13.1 Å². The fraction of sp³-hybridized carbons (Fsp3) is 0.500. The maximum absolute atomic E-state index is 9.51. The molecule has 0 aliphatic carbocycles. The van der Waals surface area contributed by atoms with Crippen molar-refractivity contribution < 1.29 is 5.11 Å². The molecule has 84 valence electrons. The smallest absolute Gasteiger partial charge is 0.0715 e. The predicted octanol–water partition coefficient (Wildman–Crippen LogP) is 2.51. The van der Waals surface area contributed by atoms with E-state index in [4.69, 9.17) is 11.6 Å². The van der Waals surface area contributed by atoms with Crippen molar-refractivity contribution in [2.24, 2.45) is 0 Å². The predicted molar refractivity (Wildman–Crippen MR) is 64.2 cm³/mol. The molecule has 15 heavy (non-hydrogen) atoms. The molecule has 2 nitrogen and oxygen atoms in total. The summed E-state index contributed by atoms with van der Waals surface area (Å²) >= 11 is 6.08. The van der Waals surface area contributed by atoms with Gasteiger partial charge in [-0.15, -0.1) is 0 Å². The summed E-state index contributed by atoms with van der Waals surface area (Å²) in [6.45, 7) is 6.80. The van der Waals surface area contributed by atoms with Crippen LogP contribution >= 0.6 is 11.6 Å². The third kappa shape index (κ3) is 4.65. The molecular weight excluding hydrogens is 210 g/mol. The van der Waals surface area contributed by atoms with E-state index in [-0.39, 0.29) is 0 Å². The van der Waals surface area contributed by atoms with Crippen LogP contribution in [0.1, 0.15) is 25.0 Å². The summed E-state index contributed by atoms with van der Waals surface area (Å²) in [5.74, 6) is 0. The number of hydrogen-bond acceptors (Lipinski definition) is 2. The third-order valence-corrected chi connectivity index (χ3v) is 2.43. The standard InChI is InChI=1S/C12H18ClNO/c1-9-4-5-10(11(13)6-9)7-14-8-12(2,3)15/h4-6,14-15H,7-8H2,1-3H3. The van der Waals surface area contributed by atoms with Crippen LogP contribution in [0.2, 0.25) is 5.02 Å². The van der Waals surface area contributed by atoms with E-state index in [9.17, 15) is 5.11 Å². The maximum Gasteiger partial charge on any atom is 0.0715 e. The molecule has 2 N–H and O–H groups in total. The Hall–Kier alpha value is -0.570. The zero-order valence-electron chi connectivity index (χ0n) is 9.47. The van der Waals surface area contributed by atoms with Gasteiger partial charge >= 0.3 is 0 Å². The highest BCUT2D eigenvalue weighted by Gasteiger charge is 2.11. The Kier molecular flexibility index (Phi) is 4.14. The molecule has 3 heteroatoms. The van der Waals surface area contributed by atoms with Crippen molar-refractivity contribution in [1.82, 2.24) is 5.32 Å². The Bertz CT molecular complexity index is 331. The van der Waals surface area contributed by atoms with Crippen molar-refractivity contribution in [3.8, 4) is 0 Å².